The van der Waals surface area contributed by atoms with E-state index in [1.54, 1.807) is 5.57 Å². The smallest absolute Gasteiger partial charge is 0.292 e. The van der Waals surface area contributed by atoms with Gasteiger partial charge in [-0.15, -0.1) is 0 Å². The van der Waals surface area contributed by atoms with E-state index in [1.165, 1.54) is 20.0 Å². The number of methoxy groups -OCH3 is 1. The summed E-state index contributed by atoms with van der Waals surface area (Å²) in [5.41, 5.74) is 1.63. The molecule has 1 fully saturated rings. The third-order valence-electron chi connectivity index (χ3n) is 2.87. The topological polar surface area (TPSA) is 46.5 Å². The van der Waals surface area contributed by atoms with Crippen LogP contribution >= 0.6 is 0 Å². The molecule has 3 heteroatoms. The van der Waals surface area contributed by atoms with Crippen LogP contribution < -0.4 is 0 Å². The first-order chi connectivity index (χ1) is 6.77. The second-order valence-electron chi connectivity index (χ2n) is 3.81. The molecule has 0 amide bonds. The van der Waals surface area contributed by atoms with Gasteiger partial charge >= 0.3 is 0 Å². The van der Waals surface area contributed by atoms with E-state index in [1.807, 2.05) is 0 Å². The first kappa shape index (κ1) is 11.2. The number of fused-ring (bicyclic) bond motifs is 1. The van der Waals surface area contributed by atoms with Gasteiger partial charge in [0.15, 0.2) is 0 Å². The highest BCUT2D eigenvalue weighted by Crippen LogP contribution is 2.37. The number of carbonyl (C=O) groups is 1. The van der Waals surface area contributed by atoms with E-state index in [9.17, 15) is 5.11 Å². The van der Waals surface area contributed by atoms with Gasteiger partial charge in [0.2, 0.25) is 0 Å². The molecule has 3 nitrogen and oxygen atoms in total. The molecule has 1 saturated carbocycles. The lowest BCUT2D eigenvalue weighted by atomic mass is 9.84. The van der Waals surface area contributed by atoms with Gasteiger partial charge in [-0.25, -0.2) is 0 Å². The van der Waals surface area contributed by atoms with Crippen molar-refractivity contribution in [2.24, 2.45) is 5.92 Å². The van der Waals surface area contributed by atoms with Gasteiger partial charge in [-0.2, -0.15) is 0 Å². The minimum absolute atomic E-state index is 0.000231. The Kier molecular flexibility index (Phi) is 4.66. The molecular formula is C11H18O3. The predicted octanol–water partition coefficient (Wildman–Crippen LogP) is 1.66. The van der Waals surface area contributed by atoms with E-state index in [-0.39, 0.29) is 6.10 Å². The predicted molar refractivity (Wildman–Crippen MR) is 53.7 cm³/mol. The molecular weight excluding hydrogens is 180 g/mol. The van der Waals surface area contributed by atoms with Crippen molar-refractivity contribution in [3.05, 3.63) is 11.6 Å². The van der Waals surface area contributed by atoms with E-state index >= 15 is 0 Å². The molecule has 2 atom stereocenters. The lowest BCUT2D eigenvalue weighted by Crippen LogP contribution is -2.19. The average Bonchev–Trinajstić information content (AvgIpc) is 2.65. The van der Waals surface area contributed by atoms with Crippen LogP contribution in [0.2, 0.25) is 0 Å². The summed E-state index contributed by atoms with van der Waals surface area (Å²) in [6, 6.07) is 0. The summed E-state index contributed by atoms with van der Waals surface area (Å²) in [5, 5.41) is 9.33. The van der Waals surface area contributed by atoms with Crippen molar-refractivity contribution in [1.82, 2.24) is 0 Å². The molecule has 0 aromatic heterocycles. The molecule has 1 unspecified atom stereocenters. The molecule has 0 bridgehead atoms. The number of rotatable bonds is 1. The average molecular weight is 198 g/mol. The van der Waals surface area contributed by atoms with E-state index < -0.39 is 0 Å². The zero-order valence-corrected chi connectivity index (χ0v) is 8.61. The summed E-state index contributed by atoms with van der Waals surface area (Å²) in [6.45, 7) is 0.375. The Morgan fingerprint density at radius 2 is 2.29 bits per heavy atom. The number of aliphatic hydroxyl groups excluding tert-OH is 1. The molecule has 80 valence electrons. The van der Waals surface area contributed by atoms with E-state index in [0.717, 1.165) is 25.2 Å². The SMILES string of the molecule is COC=O.OC1CCC2=CCC[C@H]2C1. The van der Waals surface area contributed by atoms with Gasteiger partial charge in [0.05, 0.1) is 13.2 Å². The van der Waals surface area contributed by atoms with Crippen molar-refractivity contribution in [2.45, 2.75) is 38.2 Å². The molecule has 0 aromatic rings. The van der Waals surface area contributed by atoms with Crippen LogP contribution in [-0.2, 0) is 9.53 Å². The fraction of sp³-hybridized carbons (Fsp3) is 0.727. The third kappa shape index (κ3) is 3.14. The Bertz CT molecular complexity index is 211. The zero-order chi connectivity index (χ0) is 10.4. The maximum absolute atomic E-state index is 9.33. The van der Waals surface area contributed by atoms with Gasteiger partial charge in [0.25, 0.3) is 6.47 Å². The monoisotopic (exact) mass is 198 g/mol. The number of aliphatic hydroxyl groups is 1. The molecule has 0 saturated heterocycles. The molecule has 1 N–H and O–H groups in total. The van der Waals surface area contributed by atoms with Crippen molar-refractivity contribution in [3.63, 3.8) is 0 Å². The van der Waals surface area contributed by atoms with Crippen LogP contribution in [0.4, 0.5) is 0 Å². The minimum Gasteiger partial charge on any atom is -0.471 e. The van der Waals surface area contributed by atoms with Crippen LogP contribution in [0.5, 0.6) is 0 Å². The van der Waals surface area contributed by atoms with Gasteiger partial charge in [0, 0.05) is 0 Å². The standard InChI is InChI=1S/C9H14O.C2H4O2/c10-9-5-4-7-2-1-3-8(7)6-9;1-4-2-3/h2,8-10H,1,3-6H2;2H,1H3/t8-,9?;/m0./s1. The van der Waals surface area contributed by atoms with E-state index in [4.69, 9.17) is 4.79 Å². The highest BCUT2D eigenvalue weighted by Gasteiger charge is 2.26. The van der Waals surface area contributed by atoms with Crippen molar-refractivity contribution in [2.75, 3.05) is 7.11 Å². The van der Waals surface area contributed by atoms with Gasteiger partial charge < -0.3 is 9.84 Å². The maximum Gasteiger partial charge on any atom is 0.292 e. The molecule has 0 aliphatic heterocycles. The minimum atomic E-state index is 0.000231. The Morgan fingerprint density at radius 1 is 1.57 bits per heavy atom. The second-order valence-corrected chi connectivity index (χ2v) is 3.81. The lowest BCUT2D eigenvalue weighted by Gasteiger charge is -2.24. The van der Waals surface area contributed by atoms with Crippen LogP contribution in [0.15, 0.2) is 11.6 Å². The first-order valence-corrected chi connectivity index (χ1v) is 5.11. The zero-order valence-electron chi connectivity index (χ0n) is 8.61. The number of allylic oxidation sites excluding steroid dienone is 2. The van der Waals surface area contributed by atoms with Crippen LogP contribution in [-0.4, -0.2) is 24.8 Å². The van der Waals surface area contributed by atoms with E-state index in [2.05, 4.69) is 10.8 Å². The maximum atomic E-state index is 9.33. The fourth-order valence-corrected chi connectivity index (χ4v) is 2.18. The van der Waals surface area contributed by atoms with Crippen LogP contribution in [0.3, 0.4) is 0 Å². The summed E-state index contributed by atoms with van der Waals surface area (Å²) in [5.74, 6) is 0.753. The van der Waals surface area contributed by atoms with Crippen molar-refractivity contribution in [1.29, 1.82) is 0 Å². The largest absolute Gasteiger partial charge is 0.471 e. The summed E-state index contributed by atoms with van der Waals surface area (Å²) < 4.78 is 3.86. The van der Waals surface area contributed by atoms with Crippen molar-refractivity contribution in [3.8, 4) is 0 Å². The molecule has 2 aliphatic rings. The van der Waals surface area contributed by atoms with Gasteiger partial charge in [-0.05, 0) is 38.0 Å². The molecule has 2 aliphatic carbocycles. The van der Waals surface area contributed by atoms with Crippen molar-refractivity contribution < 1.29 is 14.6 Å². The van der Waals surface area contributed by atoms with Gasteiger partial charge in [-0.3, -0.25) is 4.79 Å². The Morgan fingerprint density at radius 3 is 2.93 bits per heavy atom. The molecule has 0 radical (unpaired) electrons. The summed E-state index contributed by atoms with van der Waals surface area (Å²) >= 11 is 0. The summed E-state index contributed by atoms with van der Waals surface area (Å²) in [6.07, 6.45) is 8.12. The molecule has 0 aromatic carbocycles. The number of hydrogen-bond acceptors (Lipinski definition) is 3. The van der Waals surface area contributed by atoms with Gasteiger partial charge in [-0.1, -0.05) is 11.6 Å². The van der Waals surface area contributed by atoms with Crippen LogP contribution in [0.25, 0.3) is 0 Å². The highest BCUT2D eigenvalue weighted by molar-refractivity contribution is 5.36. The Hall–Kier alpha value is -0.830. The fourth-order valence-electron chi connectivity index (χ4n) is 2.18. The quantitative estimate of drug-likeness (QED) is 0.515. The van der Waals surface area contributed by atoms with Gasteiger partial charge in [0.1, 0.15) is 0 Å². The summed E-state index contributed by atoms with van der Waals surface area (Å²) in [7, 11) is 1.31. The molecule has 14 heavy (non-hydrogen) atoms. The Labute approximate surface area is 84.8 Å². The molecule has 0 spiro atoms. The van der Waals surface area contributed by atoms with Crippen LogP contribution in [0, 0.1) is 5.92 Å². The summed E-state index contributed by atoms with van der Waals surface area (Å²) in [4.78, 5) is 8.95. The third-order valence-corrected chi connectivity index (χ3v) is 2.87. The van der Waals surface area contributed by atoms with E-state index in [0.29, 0.717) is 6.47 Å². The molecule has 0 heterocycles. The van der Waals surface area contributed by atoms with Crippen molar-refractivity contribution >= 4 is 6.47 Å². The number of carbonyl (C=O) groups excluding carboxylic acids is 1. The second kappa shape index (κ2) is 5.81. The Balaban J connectivity index is 0.000000213. The lowest BCUT2D eigenvalue weighted by molar-refractivity contribution is -0.126. The number of ether oxygens (including phenoxy) is 1. The highest BCUT2D eigenvalue weighted by atomic mass is 16.5. The first-order valence-electron chi connectivity index (χ1n) is 5.11. The van der Waals surface area contributed by atoms with Crippen LogP contribution in [0.1, 0.15) is 32.1 Å². The normalized spacial score (nSPS) is 29.4. The number of hydrogen-bond donors (Lipinski definition) is 1. The molecule has 2 rings (SSSR count).